The van der Waals surface area contributed by atoms with Crippen LogP contribution in [0, 0.1) is 5.41 Å². The molecule has 0 saturated heterocycles. The molecular weight excluding hydrogens is 277 g/mol. The van der Waals surface area contributed by atoms with Crippen LogP contribution < -0.4 is 5.32 Å². The van der Waals surface area contributed by atoms with Crippen LogP contribution >= 0.6 is 23.2 Å². The van der Waals surface area contributed by atoms with E-state index in [1.807, 2.05) is 18.2 Å². The van der Waals surface area contributed by atoms with Crippen molar-refractivity contribution < 1.29 is 0 Å². The topological polar surface area (TPSA) is 12.0 Å². The Bertz CT molecular complexity index is 405. The Morgan fingerprint density at radius 1 is 1.21 bits per heavy atom. The van der Waals surface area contributed by atoms with Gasteiger partial charge in [0.25, 0.3) is 0 Å². The van der Waals surface area contributed by atoms with Gasteiger partial charge in [-0.15, -0.1) is 0 Å². The molecule has 0 aliphatic heterocycles. The summed E-state index contributed by atoms with van der Waals surface area (Å²) in [6, 6.07) is 6.23. The van der Waals surface area contributed by atoms with Crippen LogP contribution in [0.5, 0.6) is 0 Å². The van der Waals surface area contributed by atoms with Crippen molar-refractivity contribution >= 4 is 23.2 Å². The van der Waals surface area contributed by atoms with E-state index in [2.05, 4.69) is 19.3 Å². The van der Waals surface area contributed by atoms with E-state index >= 15 is 0 Å². The van der Waals surface area contributed by atoms with Gasteiger partial charge in [-0.05, 0) is 55.8 Å². The number of rotatable bonds is 5. The van der Waals surface area contributed by atoms with Gasteiger partial charge >= 0.3 is 0 Å². The predicted octanol–water partition coefficient (Wildman–Crippen LogP) is 5.09. The third kappa shape index (κ3) is 3.09. The van der Waals surface area contributed by atoms with Crippen LogP contribution in [0.25, 0.3) is 0 Å². The highest BCUT2D eigenvalue weighted by atomic mass is 35.5. The van der Waals surface area contributed by atoms with Crippen LogP contribution in [0.2, 0.25) is 10.0 Å². The summed E-state index contributed by atoms with van der Waals surface area (Å²) >= 11 is 12.6. The van der Waals surface area contributed by atoms with E-state index in [-0.39, 0.29) is 0 Å². The van der Waals surface area contributed by atoms with E-state index in [0.717, 1.165) is 22.0 Å². The van der Waals surface area contributed by atoms with E-state index in [0.29, 0.717) is 11.5 Å². The molecule has 1 aromatic rings. The van der Waals surface area contributed by atoms with E-state index in [9.17, 15) is 0 Å². The molecule has 1 fully saturated rings. The van der Waals surface area contributed by atoms with Crippen LogP contribution in [0.15, 0.2) is 18.2 Å². The molecule has 0 aromatic heterocycles. The average molecular weight is 300 g/mol. The third-order valence-corrected chi connectivity index (χ3v) is 5.57. The SMILES string of the molecule is CCC1(C(Cc2c(Cl)cccc2Cl)NC)CCCC1. The lowest BCUT2D eigenvalue weighted by atomic mass is 9.74. The summed E-state index contributed by atoms with van der Waals surface area (Å²) in [5.74, 6) is 0. The van der Waals surface area contributed by atoms with Gasteiger partial charge in [-0.1, -0.05) is 49.0 Å². The highest BCUT2D eigenvalue weighted by molar-refractivity contribution is 6.36. The average Bonchev–Trinajstić information content (AvgIpc) is 2.88. The summed E-state index contributed by atoms with van der Waals surface area (Å²) in [4.78, 5) is 0. The number of hydrogen-bond donors (Lipinski definition) is 1. The predicted molar refractivity (Wildman–Crippen MR) is 84.2 cm³/mol. The first-order valence-electron chi connectivity index (χ1n) is 7.23. The van der Waals surface area contributed by atoms with Crippen molar-refractivity contribution in [1.29, 1.82) is 0 Å². The lowest BCUT2D eigenvalue weighted by Gasteiger charge is -2.37. The van der Waals surface area contributed by atoms with Crippen LogP contribution in [-0.4, -0.2) is 13.1 Å². The van der Waals surface area contributed by atoms with Gasteiger partial charge in [0.1, 0.15) is 0 Å². The molecule has 0 bridgehead atoms. The quantitative estimate of drug-likeness (QED) is 0.798. The van der Waals surface area contributed by atoms with Crippen LogP contribution in [-0.2, 0) is 6.42 Å². The molecule has 1 aliphatic rings. The molecule has 1 aromatic carbocycles. The zero-order valence-corrected chi connectivity index (χ0v) is 13.3. The molecule has 19 heavy (non-hydrogen) atoms. The molecule has 1 N–H and O–H groups in total. The molecule has 106 valence electrons. The van der Waals surface area contributed by atoms with Crippen molar-refractivity contribution in [3.63, 3.8) is 0 Å². The fourth-order valence-corrected chi connectivity index (χ4v) is 4.14. The number of halogens is 2. The Hall–Kier alpha value is -0.240. The summed E-state index contributed by atoms with van der Waals surface area (Å²) < 4.78 is 0. The van der Waals surface area contributed by atoms with Gasteiger partial charge in [0, 0.05) is 16.1 Å². The minimum Gasteiger partial charge on any atom is -0.316 e. The number of nitrogens with one attached hydrogen (secondary N) is 1. The first-order valence-corrected chi connectivity index (χ1v) is 7.98. The summed E-state index contributed by atoms with van der Waals surface area (Å²) in [5.41, 5.74) is 1.50. The van der Waals surface area contributed by atoms with Crippen molar-refractivity contribution in [3.8, 4) is 0 Å². The molecule has 0 spiro atoms. The van der Waals surface area contributed by atoms with Crippen molar-refractivity contribution in [3.05, 3.63) is 33.8 Å². The lowest BCUT2D eigenvalue weighted by molar-refractivity contribution is 0.192. The van der Waals surface area contributed by atoms with Crippen LogP contribution in [0.1, 0.15) is 44.6 Å². The Balaban J connectivity index is 2.24. The molecule has 2 rings (SSSR count). The standard InChI is InChI=1S/C16H23Cl2N/c1-3-16(9-4-5-10-16)15(19-2)11-12-13(17)7-6-8-14(12)18/h6-8,15,19H,3-5,9-11H2,1-2H3. The van der Waals surface area contributed by atoms with Crippen LogP contribution in [0.3, 0.4) is 0 Å². The van der Waals surface area contributed by atoms with Gasteiger partial charge in [-0.3, -0.25) is 0 Å². The number of benzene rings is 1. The molecule has 0 heterocycles. The minimum absolute atomic E-state index is 0.414. The maximum Gasteiger partial charge on any atom is 0.0453 e. The van der Waals surface area contributed by atoms with E-state index in [4.69, 9.17) is 23.2 Å². The molecule has 1 atom stereocenters. The Morgan fingerprint density at radius 2 is 1.79 bits per heavy atom. The van der Waals surface area contributed by atoms with Gasteiger partial charge < -0.3 is 5.32 Å². The summed E-state index contributed by atoms with van der Waals surface area (Å²) in [7, 11) is 2.06. The first-order chi connectivity index (χ1) is 9.13. The Morgan fingerprint density at radius 3 is 2.26 bits per heavy atom. The van der Waals surface area contributed by atoms with Gasteiger partial charge in [0.2, 0.25) is 0 Å². The Kier molecular flexibility index (Phi) is 5.16. The van der Waals surface area contributed by atoms with E-state index in [1.54, 1.807) is 0 Å². The second-order valence-electron chi connectivity index (χ2n) is 5.67. The van der Waals surface area contributed by atoms with Gasteiger partial charge in [-0.2, -0.15) is 0 Å². The highest BCUT2D eigenvalue weighted by Gasteiger charge is 2.39. The molecule has 1 saturated carbocycles. The monoisotopic (exact) mass is 299 g/mol. The zero-order chi connectivity index (χ0) is 13.9. The normalized spacial score (nSPS) is 19.6. The smallest absolute Gasteiger partial charge is 0.0453 e. The van der Waals surface area contributed by atoms with Crippen molar-refractivity contribution in [2.24, 2.45) is 5.41 Å². The summed E-state index contributed by atoms with van der Waals surface area (Å²) in [5, 5.41) is 5.10. The first kappa shape index (κ1) is 15.2. The van der Waals surface area contributed by atoms with E-state index < -0.39 is 0 Å². The lowest BCUT2D eigenvalue weighted by Crippen LogP contribution is -2.43. The molecule has 1 unspecified atom stereocenters. The largest absolute Gasteiger partial charge is 0.316 e. The fraction of sp³-hybridized carbons (Fsp3) is 0.625. The van der Waals surface area contributed by atoms with Crippen molar-refractivity contribution in [2.45, 2.75) is 51.5 Å². The minimum atomic E-state index is 0.414. The number of likely N-dealkylation sites (N-methyl/N-ethyl adjacent to an activating group) is 1. The molecule has 3 heteroatoms. The summed E-state index contributed by atoms with van der Waals surface area (Å²) in [6.07, 6.45) is 7.47. The molecule has 1 aliphatic carbocycles. The summed E-state index contributed by atoms with van der Waals surface area (Å²) in [6.45, 7) is 2.31. The molecule has 1 nitrogen and oxygen atoms in total. The Labute approximate surface area is 126 Å². The molecule has 0 amide bonds. The van der Waals surface area contributed by atoms with Gasteiger partial charge in [-0.25, -0.2) is 0 Å². The second-order valence-corrected chi connectivity index (χ2v) is 6.48. The maximum absolute atomic E-state index is 6.31. The molecule has 0 radical (unpaired) electrons. The zero-order valence-electron chi connectivity index (χ0n) is 11.8. The third-order valence-electron chi connectivity index (χ3n) is 4.86. The maximum atomic E-state index is 6.31. The van der Waals surface area contributed by atoms with Crippen molar-refractivity contribution in [2.75, 3.05) is 7.05 Å². The van der Waals surface area contributed by atoms with Gasteiger partial charge in [0.15, 0.2) is 0 Å². The van der Waals surface area contributed by atoms with Gasteiger partial charge in [0.05, 0.1) is 0 Å². The fourth-order valence-electron chi connectivity index (χ4n) is 3.58. The van der Waals surface area contributed by atoms with E-state index in [1.165, 1.54) is 32.1 Å². The van der Waals surface area contributed by atoms with Crippen molar-refractivity contribution in [1.82, 2.24) is 5.32 Å². The molecular formula is C16H23Cl2N. The van der Waals surface area contributed by atoms with Crippen LogP contribution in [0.4, 0.5) is 0 Å². The highest BCUT2D eigenvalue weighted by Crippen LogP contribution is 2.45. The second kappa shape index (κ2) is 6.47. The number of hydrogen-bond acceptors (Lipinski definition) is 1.